The van der Waals surface area contributed by atoms with E-state index in [1.807, 2.05) is 0 Å². The maximum atomic E-state index is 5.10. The molecule has 2 nitrogen and oxygen atoms in total. The number of ether oxygens (including phenoxy) is 1. The Morgan fingerprint density at radius 1 is 1.21 bits per heavy atom. The molecule has 0 radical (unpaired) electrons. The third-order valence-corrected chi connectivity index (χ3v) is 3.36. The second-order valence-corrected chi connectivity index (χ2v) is 4.75. The summed E-state index contributed by atoms with van der Waals surface area (Å²) >= 11 is 0. The topological polar surface area (TPSA) is 21.3 Å². The van der Waals surface area contributed by atoms with Gasteiger partial charge in [0.05, 0.1) is 0 Å². The lowest BCUT2D eigenvalue weighted by atomic mass is 9.90. The molecule has 0 aliphatic heterocycles. The van der Waals surface area contributed by atoms with Crippen molar-refractivity contribution in [3.63, 3.8) is 0 Å². The van der Waals surface area contributed by atoms with Crippen molar-refractivity contribution in [1.29, 1.82) is 0 Å². The summed E-state index contributed by atoms with van der Waals surface area (Å²) in [6.45, 7) is 6.79. The van der Waals surface area contributed by atoms with Gasteiger partial charge in [-0.25, -0.2) is 0 Å². The number of hydrogen-bond donors (Lipinski definition) is 1. The van der Waals surface area contributed by atoms with E-state index in [0.717, 1.165) is 24.5 Å². The molecule has 0 aromatic heterocycles. The largest absolute Gasteiger partial charge is 0.385 e. The van der Waals surface area contributed by atoms with Gasteiger partial charge in [0.25, 0.3) is 0 Å². The van der Waals surface area contributed by atoms with Crippen LogP contribution in [0.3, 0.4) is 0 Å². The van der Waals surface area contributed by atoms with Crippen molar-refractivity contribution in [1.82, 2.24) is 5.32 Å². The van der Waals surface area contributed by atoms with E-state index in [4.69, 9.17) is 4.74 Å². The van der Waals surface area contributed by atoms with Crippen molar-refractivity contribution < 1.29 is 4.74 Å². The molecule has 0 saturated heterocycles. The van der Waals surface area contributed by atoms with Gasteiger partial charge in [-0.05, 0) is 44.1 Å². The minimum absolute atomic E-state index is 0.788. The summed E-state index contributed by atoms with van der Waals surface area (Å²) in [5.41, 5.74) is 0. The maximum absolute atomic E-state index is 5.10. The van der Waals surface area contributed by atoms with Gasteiger partial charge in [-0.2, -0.15) is 0 Å². The molecular formula is C12H25NO. The normalized spacial score (nSPS) is 20.8. The first-order valence-corrected chi connectivity index (χ1v) is 5.96. The third kappa shape index (κ3) is 4.97. The summed E-state index contributed by atoms with van der Waals surface area (Å²) in [4.78, 5) is 0. The quantitative estimate of drug-likeness (QED) is 0.648. The Bertz CT molecular complexity index is 145. The molecule has 14 heavy (non-hydrogen) atoms. The molecule has 0 aromatic carbocycles. The fourth-order valence-electron chi connectivity index (χ4n) is 1.68. The molecule has 1 fully saturated rings. The molecule has 1 saturated carbocycles. The van der Waals surface area contributed by atoms with Crippen molar-refractivity contribution in [3.05, 3.63) is 0 Å². The van der Waals surface area contributed by atoms with Crippen LogP contribution in [0.4, 0.5) is 0 Å². The van der Waals surface area contributed by atoms with Gasteiger partial charge in [-0.3, -0.25) is 0 Å². The third-order valence-electron chi connectivity index (χ3n) is 3.36. The van der Waals surface area contributed by atoms with Crippen LogP contribution in [0.15, 0.2) is 0 Å². The van der Waals surface area contributed by atoms with E-state index in [1.54, 1.807) is 7.11 Å². The molecule has 0 aromatic rings. The van der Waals surface area contributed by atoms with Crippen molar-refractivity contribution >= 4 is 0 Å². The van der Waals surface area contributed by atoms with Crippen LogP contribution in [0.2, 0.25) is 0 Å². The van der Waals surface area contributed by atoms with Crippen LogP contribution in [0.1, 0.15) is 39.5 Å². The average Bonchev–Trinajstić information content (AvgIpc) is 2.97. The predicted octanol–water partition coefficient (Wildman–Crippen LogP) is 2.44. The van der Waals surface area contributed by atoms with Gasteiger partial charge in [0.2, 0.25) is 0 Å². The summed E-state index contributed by atoms with van der Waals surface area (Å²) in [5, 5.41) is 3.57. The van der Waals surface area contributed by atoms with E-state index in [-0.39, 0.29) is 0 Å². The highest BCUT2D eigenvalue weighted by atomic mass is 16.5. The lowest BCUT2D eigenvalue weighted by Gasteiger charge is -2.19. The minimum atomic E-state index is 0.788. The van der Waals surface area contributed by atoms with Gasteiger partial charge in [0, 0.05) is 19.8 Å². The monoisotopic (exact) mass is 199 g/mol. The summed E-state index contributed by atoms with van der Waals surface area (Å²) in [6, 6.07) is 0.858. The number of nitrogens with one attached hydrogen (secondary N) is 1. The van der Waals surface area contributed by atoms with Crippen molar-refractivity contribution in [2.75, 3.05) is 20.3 Å². The highest BCUT2D eigenvalue weighted by Crippen LogP contribution is 2.21. The Balaban J connectivity index is 1.97. The molecule has 1 aliphatic carbocycles. The van der Waals surface area contributed by atoms with Gasteiger partial charge in [-0.15, -0.1) is 0 Å². The van der Waals surface area contributed by atoms with Crippen molar-refractivity contribution in [2.24, 2.45) is 11.8 Å². The van der Waals surface area contributed by atoms with Crippen LogP contribution in [0.5, 0.6) is 0 Å². The zero-order valence-electron chi connectivity index (χ0n) is 9.88. The van der Waals surface area contributed by atoms with Gasteiger partial charge in [0.15, 0.2) is 0 Å². The Morgan fingerprint density at radius 2 is 1.86 bits per heavy atom. The molecule has 1 aliphatic rings. The number of rotatable bonds is 8. The zero-order chi connectivity index (χ0) is 10.4. The first-order chi connectivity index (χ1) is 6.74. The summed E-state index contributed by atoms with van der Waals surface area (Å²) in [6.07, 6.45) is 5.30. The SMILES string of the molecule is COCCC(C)C(C)CCNC1CC1. The highest BCUT2D eigenvalue weighted by Gasteiger charge is 2.20. The molecule has 2 unspecified atom stereocenters. The van der Waals surface area contributed by atoms with Crippen LogP contribution in [0.25, 0.3) is 0 Å². The molecule has 0 heterocycles. The Morgan fingerprint density at radius 3 is 2.43 bits per heavy atom. The van der Waals surface area contributed by atoms with Crippen molar-refractivity contribution in [3.8, 4) is 0 Å². The van der Waals surface area contributed by atoms with Crippen LogP contribution in [-0.4, -0.2) is 26.3 Å². The summed E-state index contributed by atoms with van der Waals surface area (Å²) in [5.74, 6) is 1.60. The molecule has 0 bridgehead atoms. The highest BCUT2D eigenvalue weighted by molar-refractivity contribution is 4.80. The van der Waals surface area contributed by atoms with E-state index < -0.39 is 0 Å². The van der Waals surface area contributed by atoms with Gasteiger partial charge in [0.1, 0.15) is 0 Å². The second kappa shape index (κ2) is 6.41. The fourth-order valence-corrected chi connectivity index (χ4v) is 1.68. The maximum Gasteiger partial charge on any atom is 0.0464 e. The molecule has 1 N–H and O–H groups in total. The second-order valence-electron chi connectivity index (χ2n) is 4.75. The molecule has 2 atom stereocenters. The molecule has 84 valence electrons. The average molecular weight is 199 g/mol. The summed E-state index contributed by atoms with van der Waals surface area (Å²) in [7, 11) is 1.78. The predicted molar refractivity (Wildman–Crippen MR) is 60.5 cm³/mol. The lowest BCUT2D eigenvalue weighted by molar-refractivity contribution is 0.166. The summed E-state index contributed by atoms with van der Waals surface area (Å²) < 4.78 is 5.10. The molecule has 2 heteroatoms. The van der Waals surface area contributed by atoms with Crippen molar-refractivity contribution in [2.45, 2.75) is 45.6 Å². The van der Waals surface area contributed by atoms with E-state index in [1.165, 1.54) is 32.2 Å². The van der Waals surface area contributed by atoms with E-state index in [2.05, 4.69) is 19.2 Å². The van der Waals surface area contributed by atoms with E-state index in [0.29, 0.717) is 0 Å². The van der Waals surface area contributed by atoms with Crippen LogP contribution in [0, 0.1) is 11.8 Å². The van der Waals surface area contributed by atoms with E-state index >= 15 is 0 Å². The molecule has 1 rings (SSSR count). The minimum Gasteiger partial charge on any atom is -0.385 e. The van der Waals surface area contributed by atoms with E-state index in [9.17, 15) is 0 Å². The van der Waals surface area contributed by atoms with Gasteiger partial charge < -0.3 is 10.1 Å². The number of methoxy groups -OCH3 is 1. The first-order valence-electron chi connectivity index (χ1n) is 5.96. The Hall–Kier alpha value is -0.0800. The fraction of sp³-hybridized carbons (Fsp3) is 1.00. The van der Waals surface area contributed by atoms with Gasteiger partial charge >= 0.3 is 0 Å². The molecule has 0 amide bonds. The van der Waals surface area contributed by atoms with Crippen LogP contribution in [-0.2, 0) is 4.74 Å². The number of hydrogen-bond acceptors (Lipinski definition) is 2. The first kappa shape index (κ1) is 12.0. The zero-order valence-corrected chi connectivity index (χ0v) is 9.88. The smallest absolute Gasteiger partial charge is 0.0464 e. The Labute approximate surface area is 88.4 Å². The van der Waals surface area contributed by atoms with Crippen LogP contribution < -0.4 is 5.32 Å². The molecular weight excluding hydrogens is 174 g/mol. The lowest BCUT2D eigenvalue weighted by Crippen LogP contribution is -2.22. The molecule has 0 spiro atoms. The standard InChI is InChI=1S/C12H25NO/c1-10(11(2)7-9-14-3)6-8-13-12-4-5-12/h10-13H,4-9H2,1-3H3. The van der Waals surface area contributed by atoms with Crippen LogP contribution >= 0.6 is 0 Å². The Kier molecular flexibility index (Phi) is 5.49. The van der Waals surface area contributed by atoms with Gasteiger partial charge in [-0.1, -0.05) is 13.8 Å².